The Bertz CT molecular complexity index is 551. The lowest BCUT2D eigenvalue weighted by molar-refractivity contribution is -0.122. The maximum Gasteiger partial charge on any atom is 0.352 e. The Morgan fingerprint density at radius 2 is 2.14 bits per heavy atom. The van der Waals surface area contributed by atoms with Gasteiger partial charge in [0.1, 0.15) is 5.69 Å². The van der Waals surface area contributed by atoms with Crippen LogP contribution < -0.4 is 5.32 Å². The lowest BCUT2D eigenvalue weighted by Crippen LogP contribution is -2.42. The largest absolute Gasteiger partial charge is 0.477 e. The molecule has 1 aliphatic heterocycles. The summed E-state index contributed by atoms with van der Waals surface area (Å²) in [5.74, 6) is 1.39. The third-order valence-electron chi connectivity index (χ3n) is 3.70. The van der Waals surface area contributed by atoms with E-state index in [-0.39, 0.29) is 18.5 Å². The van der Waals surface area contributed by atoms with Gasteiger partial charge in [0.2, 0.25) is 5.91 Å². The maximum absolute atomic E-state index is 11.6. The molecule has 112 valence electrons. The number of nitrogens with one attached hydrogen (secondary N) is 1. The Hall–Kier alpha value is -2.26. The summed E-state index contributed by atoms with van der Waals surface area (Å²) in [7, 11) is 0. The average molecular weight is 289 g/mol. The minimum atomic E-state index is -0.906. The number of hydrogen-bond acceptors (Lipinski definition) is 3. The van der Waals surface area contributed by atoms with E-state index in [1.54, 1.807) is 12.1 Å². The summed E-state index contributed by atoms with van der Waals surface area (Å²) >= 11 is 0. The quantitative estimate of drug-likeness (QED) is 0.777. The van der Waals surface area contributed by atoms with E-state index in [9.17, 15) is 9.59 Å². The molecular weight excluding hydrogens is 270 g/mol. The first-order chi connectivity index (χ1) is 10.1. The standard InChI is InChI=1S/C15H19N3O3/c1-2-7-16-14(19)11-17-9-5-12(6-10-17)18-8-3-4-13(18)15(20)21/h1,3-4,8,12H,5-7,9-11H2,(H,16,19)(H,20,21). The summed E-state index contributed by atoms with van der Waals surface area (Å²) in [5, 5.41) is 11.8. The molecule has 2 rings (SSSR count). The van der Waals surface area contributed by atoms with Crippen LogP contribution in [0.5, 0.6) is 0 Å². The Labute approximate surface area is 123 Å². The zero-order valence-electron chi connectivity index (χ0n) is 11.8. The third-order valence-corrected chi connectivity index (χ3v) is 3.70. The summed E-state index contributed by atoms with van der Waals surface area (Å²) in [4.78, 5) is 24.8. The number of rotatable bonds is 5. The van der Waals surface area contributed by atoms with Crippen LogP contribution in [0, 0.1) is 12.3 Å². The van der Waals surface area contributed by atoms with Crippen molar-refractivity contribution >= 4 is 11.9 Å². The second-order valence-corrected chi connectivity index (χ2v) is 5.09. The molecule has 1 saturated heterocycles. The van der Waals surface area contributed by atoms with Crippen LogP contribution in [0.1, 0.15) is 29.4 Å². The topological polar surface area (TPSA) is 74.6 Å². The first-order valence-corrected chi connectivity index (χ1v) is 6.94. The molecule has 0 unspecified atom stereocenters. The van der Waals surface area contributed by atoms with Crippen LogP contribution in [0.2, 0.25) is 0 Å². The van der Waals surface area contributed by atoms with Gasteiger partial charge in [-0.05, 0) is 25.0 Å². The fraction of sp³-hybridized carbons (Fsp3) is 0.467. The zero-order valence-corrected chi connectivity index (χ0v) is 11.8. The number of terminal acetylenes is 1. The molecule has 2 N–H and O–H groups in total. The Morgan fingerprint density at radius 3 is 2.76 bits per heavy atom. The minimum absolute atomic E-state index is 0.0708. The molecule has 0 radical (unpaired) electrons. The molecule has 1 amide bonds. The van der Waals surface area contributed by atoms with Crippen molar-refractivity contribution in [2.75, 3.05) is 26.2 Å². The van der Waals surface area contributed by atoms with E-state index in [2.05, 4.69) is 16.1 Å². The van der Waals surface area contributed by atoms with E-state index in [4.69, 9.17) is 11.5 Å². The minimum Gasteiger partial charge on any atom is -0.477 e. The number of aromatic carboxylic acids is 1. The maximum atomic E-state index is 11.6. The van der Waals surface area contributed by atoms with E-state index >= 15 is 0 Å². The molecule has 1 aromatic rings. The van der Waals surface area contributed by atoms with Gasteiger partial charge in [-0.2, -0.15) is 0 Å². The molecule has 0 saturated carbocycles. The number of carbonyl (C=O) groups excluding carboxylic acids is 1. The molecular formula is C15H19N3O3. The smallest absolute Gasteiger partial charge is 0.352 e. The predicted octanol–water partition coefficient (Wildman–Crippen LogP) is 0.573. The van der Waals surface area contributed by atoms with Gasteiger partial charge >= 0.3 is 5.97 Å². The molecule has 0 aliphatic carbocycles. The summed E-state index contributed by atoms with van der Waals surface area (Å²) in [6, 6.07) is 3.54. The van der Waals surface area contributed by atoms with Crippen LogP contribution >= 0.6 is 0 Å². The SMILES string of the molecule is C#CCNC(=O)CN1CCC(n2cccc2C(=O)O)CC1. The second-order valence-electron chi connectivity index (χ2n) is 5.09. The van der Waals surface area contributed by atoms with Gasteiger partial charge < -0.3 is 15.0 Å². The Morgan fingerprint density at radius 1 is 1.43 bits per heavy atom. The number of piperidine rings is 1. The lowest BCUT2D eigenvalue weighted by Gasteiger charge is -2.32. The van der Waals surface area contributed by atoms with Gasteiger partial charge in [-0.25, -0.2) is 4.79 Å². The fourth-order valence-corrected chi connectivity index (χ4v) is 2.66. The average Bonchev–Trinajstić information content (AvgIpc) is 2.95. The third kappa shape index (κ3) is 3.86. The van der Waals surface area contributed by atoms with Gasteiger partial charge in [0, 0.05) is 25.3 Å². The number of amides is 1. The highest BCUT2D eigenvalue weighted by Crippen LogP contribution is 2.24. The number of carbonyl (C=O) groups is 2. The van der Waals surface area contributed by atoms with Crippen molar-refractivity contribution in [2.24, 2.45) is 0 Å². The van der Waals surface area contributed by atoms with Crippen molar-refractivity contribution in [2.45, 2.75) is 18.9 Å². The molecule has 0 spiro atoms. The monoisotopic (exact) mass is 289 g/mol. The molecule has 6 heteroatoms. The van der Waals surface area contributed by atoms with Gasteiger partial charge in [-0.1, -0.05) is 5.92 Å². The summed E-state index contributed by atoms with van der Waals surface area (Å²) < 4.78 is 1.82. The highest BCUT2D eigenvalue weighted by molar-refractivity contribution is 5.85. The zero-order chi connectivity index (χ0) is 15.2. The summed E-state index contributed by atoms with van der Waals surface area (Å²) in [6.07, 6.45) is 8.56. The van der Waals surface area contributed by atoms with Crippen molar-refractivity contribution < 1.29 is 14.7 Å². The van der Waals surface area contributed by atoms with Crippen molar-refractivity contribution in [1.82, 2.24) is 14.8 Å². The van der Waals surface area contributed by atoms with Crippen molar-refractivity contribution in [3.8, 4) is 12.3 Å². The molecule has 0 bridgehead atoms. The fourth-order valence-electron chi connectivity index (χ4n) is 2.66. The van der Waals surface area contributed by atoms with Gasteiger partial charge in [0.05, 0.1) is 13.1 Å². The van der Waals surface area contributed by atoms with Gasteiger partial charge in [-0.3, -0.25) is 9.69 Å². The molecule has 1 aliphatic rings. The van der Waals surface area contributed by atoms with Crippen molar-refractivity contribution in [3.63, 3.8) is 0 Å². The molecule has 1 aromatic heterocycles. The number of carboxylic acids is 1. The van der Waals surface area contributed by atoms with Crippen LogP contribution in [0.15, 0.2) is 18.3 Å². The van der Waals surface area contributed by atoms with E-state index in [0.29, 0.717) is 12.2 Å². The van der Waals surface area contributed by atoms with Crippen LogP contribution in [0.25, 0.3) is 0 Å². The molecule has 2 heterocycles. The summed E-state index contributed by atoms with van der Waals surface area (Å²) in [6.45, 7) is 2.13. The number of likely N-dealkylation sites (tertiary alicyclic amines) is 1. The number of aromatic nitrogens is 1. The normalized spacial score (nSPS) is 16.3. The Kier molecular flexibility index (Phi) is 5.01. The van der Waals surface area contributed by atoms with E-state index in [1.807, 2.05) is 10.8 Å². The van der Waals surface area contributed by atoms with Crippen LogP contribution in [-0.2, 0) is 4.79 Å². The molecule has 1 fully saturated rings. The molecule has 0 atom stereocenters. The van der Waals surface area contributed by atoms with Crippen LogP contribution in [0.3, 0.4) is 0 Å². The van der Waals surface area contributed by atoms with Crippen LogP contribution in [-0.4, -0.2) is 52.6 Å². The number of nitrogens with zero attached hydrogens (tertiary/aromatic N) is 2. The molecule has 6 nitrogen and oxygen atoms in total. The highest BCUT2D eigenvalue weighted by atomic mass is 16.4. The predicted molar refractivity (Wildman–Crippen MR) is 77.9 cm³/mol. The molecule has 0 aromatic carbocycles. The lowest BCUT2D eigenvalue weighted by atomic mass is 10.0. The Balaban J connectivity index is 1.86. The summed E-state index contributed by atoms with van der Waals surface area (Å²) in [5.41, 5.74) is 0.320. The van der Waals surface area contributed by atoms with E-state index in [1.165, 1.54) is 0 Å². The number of hydrogen-bond donors (Lipinski definition) is 2. The number of carboxylic acid groups (broad SMARTS) is 1. The van der Waals surface area contributed by atoms with Gasteiger partial charge in [0.25, 0.3) is 0 Å². The first kappa shape index (κ1) is 15.1. The van der Waals surface area contributed by atoms with Crippen LogP contribution in [0.4, 0.5) is 0 Å². The second kappa shape index (κ2) is 6.95. The highest BCUT2D eigenvalue weighted by Gasteiger charge is 2.24. The first-order valence-electron chi connectivity index (χ1n) is 6.94. The van der Waals surface area contributed by atoms with Crippen molar-refractivity contribution in [1.29, 1.82) is 0 Å². The van der Waals surface area contributed by atoms with Crippen molar-refractivity contribution in [3.05, 3.63) is 24.0 Å². The van der Waals surface area contributed by atoms with Gasteiger partial charge in [0.15, 0.2) is 0 Å². The molecule has 21 heavy (non-hydrogen) atoms. The van der Waals surface area contributed by atoms with E-state index < -0.39 is 5.97 Å². The van der Waals surface area contributed by atoms with Gasteiger partial charge in [-0.15, -0.1) is 6.42 Å². The van der Waals surface area contributed by atoms with E-state index in [0.717, 1.165) is 25.9 Å².